The Labute approximate surface area is 70.7 Å². The van der Waals surface area contributed by atoms with Gasteiger partial charge in [-0.05, 0) is 36.1 Å². The van der Waals surface area contributed by atoms with Crippen molar-refractivity contribution in [3.8, 4) is 0 Å². The molecule has 0 saturated carbocycles. The van der Waals surface area contributed by atoms with Gasteiger partial charge < -0.3 is 0 Å². The molecule has 1 rings (SSSR count). The molecule has 56 valence electrons. The minimum Gasteiger partial charge on any atom is -0.137 e. The van der Waals surface area contributed by atoms with Crippen molar-refractivity contribution in [2.24, 2.45) is 0 Å². The van der Waals surface area contributed by atoms with E-state index in [-0.39, 0.29) is 0 Å². The van der Waals surface area contributed by atoms with Crippen LogP contribution in [0.3, 0.4) is 0 Å². The molecule has 0 atom stereocenters. The molecule has 0 nitrogen and oxygen atoms in total. The molecule has 1 aromatic rings. The van der Waals surface area contributed by atoms with Gasteiger partial charge in [0.25, 0.3) is 0 Å². The van der Waals surface area contributed by atoms with E-state index in [1.54, 1.807) is 0 Å². The maximum atomic E-state index is 2.27. The fourth-order valence-corrected chi connectivity index (χ4v) is 2.85. The summed E-state index contributed by atoms with van der Waals surface area (Å²) < 4.78 is 1.47. The van der Waals surface area contributed by atoms with E-state index in [2.05, 4.69) is 25.5 Å². The Kier molecular flexibility index (Phi) is 2.81. The minimum atomic E-state index is 1.17. The molecule has 10 heavy (non-hydrogen) atoms. The Hall–Kier alpha value is 0.0500. The summed E-state index contributed by atoms with van der Waals surface area (Å²) in [5, 5.41) is 2.27. The highest BCUT2D eigenvalue weighted by molar-refractivity contribution is 8.00. The summed E-state index contributed by atoms with van der Waals surface area (Å²) >= 11 is 3.71. The highest BCUT2D eigenvalue weighted by atomic mass is 32.2. The van der Waals surface area contributed by atoms with Crippen molar-refractivity contribution >= 4 is 23.1 Å². The summed E-state index contributed by atoms with van der Waals surface area (Å²) in [4.78, 5) is 0. The standard InChI is InChI=1S/C8H12S2/c1-4-7-5-10-8(9-3)6(7)2/h5H,4H2,1-3H3. The molecule has 0 amide bonds. The third-order valence-corrected chi connectivity index (χ3v) is 4.05. The first-order valence-corrected chi connectivity index (χ1v) is 5.51. The monoisotopic (exact) mass is 172 g/mol. The SMILES string of the molecule is CCc1csc(SC)c1C. The number of hydrogen-bond acceptors (Lipinski definition) is 2. The van der Waals surface area contributed by atoms with E-state index in [0.29, 0.717) is 0 Å². The normalized spacial score (nSPS) is 10.3. The second kappa shape index (κ2) is 3.44. The maximum Gasteiger partial charge on any atom is 0.0627 e. The molecule has 0 aliphatic carbocycles. The van der Waals surface area contributed by atoms with Gasteiger partial charge in [0.1, 0.15) is 0 Å². The lowest BCUT2D eigenvalue weighted by atomic mass is 10.2. The zero-order valence-electron chi connectivity index (χ0n) is 6.60. The second-order valence-corrected chi connectivity index (χ2v) is 4.19. The third-order valence-electron chi connectivity index (χ3n) is 1.66. The van der Waals surface area contributed by atoms with E-state index < -0.39 is 0 Å². The number of thioether (sulfide) groups is 1. The van der Waals surface area contributed by atoms with Crippen LogP contribution in [0.15, 0.2) is 9.59 Å². The molecule has 0 saturated heterocycles. The van der Waals surface area contributed by atoms with Crippen LogP contribution >= 0.6 is 23.1 Å². The largest absolute Gasteiger partial charge is 0.137 e. The fraction of sp³-hybridized carbons (Fsp3) is 0.500. The average Bonchev–Trinajstić information content (AvgIpc) is 2.30. The van der Waals surface area contributed by atoms with Crippen molar-refractivity contribution in [2.45, 2.75) is 24.5 Å². The van der Waals surface area contributed by atoms with Crippen LogP contribution in [0.2, 0.25) is 0 Å². The third kappa shape index (κ3) is 1.38. The number of hydrogen-bond donors (Lipinski definition) is 0. The fourth-order valence-electron chi connectivity index (χ4n) is 0.982. The van der Waals surface area contributed by atoms with Crippen LogP contribution in [0.4, 0.5) is 0 Å². The van der Waals surface area contributed by atoms with E-state index >= 15 is 0 Å². The molecule has 2 heteroatoms. The molecule has 0 spiro atoms. The van der Waals surface area contributed by atoms with E-state index in [4.69, 9.17) is 0 Å². The van der Waals surface area contributed by atoms with Crippen molar-refractivity contribution in [3.05, 3.63) is 16.5 Å². The summed E-state index contributed by atoms with van der Waals surface area (Å²) in [7, 11) is 0. The molecule has 0 aliphatic rings. The highest BCUT2D eigenvalue weighted by Crippen LogP contribution is 2.29. The van der Waals surface area contributed by atoms with E-state index in [0.717, 1.165) is 0 Å². The Bertz CT molecular complexity index is 192. The number of thiophene rings is 1. The van der Waals surface area contributed by atoms with Gasteiger partial charge in [-0.1, -0.05) is 6.92 Å². The molecule has 0 bridgehead atoms. The topological polar surface area (TPSA) is 0 Å². The Morgan fingerprint density at radius 3 is 2.60 bits per heavy atom. The van der Waals surface area contributed by atoms with Crippen molar-refractivity contribution in [1.82, 2.24) is 0 Å². The summed E-state index contributed by atoms with van der Waals surface area (Å²) in [6, 6.07) is 0. The molecule has 0 aromatic carbocycles. The smallest absolute Gasteiger partial charge is 0.0627 e. The van der Waals surface area contributed by atoms with Gasteiger partial charge in [0, 0.05) is 0 Å². The summed E-state index contributed by atoms with van der Waals surface area (Å²) in [6.07, 6.45) is 3.31. The summed E-state index contributed by atoms with van der Waals surface area (Å²) in [5.41, 5.74) is 2.99. The van der Waals surface area contributed by atoms with Crippen molar-refractivity contribution in [2.75, 3.05) is 6.26 Å². The van der Waals surface area contributed by atoms with Gasteiger partial charge in [-0.25, -0.2) is 0 Å². The first-order valence-electron chi connectivity index (χ1n) is 3.40. The molecular weight excluding hydrogens is 160 g/mol. The Balaban J connectivity index is 2.97. The van der Waals surface area contributed by atoms with Gasteiger partial charge in [-0.3, -0.25) is 0 Å². The van der Waals surface area contributed by atoms with Crippen LogP contribution in [0.25, 0.3) is 0 Å². The summed E-state index contributed by atoms with van der Waals surface area (Å²) in [6.45, 7) is 4.42. The van der Waals surface area contributed by atoms with Gasteiger partial charge in [0.15, 0.2) is 0 Å². The lowest BCUT2D eigenvalue weighted by Crippen LogP contribution is -1.78. The van der Waals surface area contributed by atoms with E-state index in [1.165, 1.54) is 21.8 Å². The highest BCUT2D eigenvalue weighted by Gasteiger charge is 2.02. The average molecular weight is 172 g/mol. The minimum absolute atomic E-state index is 1.17. The van der Waals surface area contributed by atoms with Crippen molar-refractivity contribution < 1.29 is 0 Å². The zero-order valence-corrected chi connectivity index (χ0v) is 8.23. The van der Waals surface area contributed by atoms with Gasteiger partial charge in [-0.2, -0.15) is 0 Å². The van der Waals surface area contributed by atoms with Crippen molar-refractivity contribution in [3.63, 3.8) is 0 Å². The van der Waals surface area contributed by atoms with Crippen LogP contribution in [0, 0.1) is 6.92 Å². The van der Waals surface area contributed by atoms with Crippen LogP contribution < -0.4 is 0 Å². The predicted molar refractivity (Wildman–Crippen MR) is 50.2 cm³/mol. The van der Waals surface area contributed by atoms with Crippen LogP contribution in [0.5, 0.6) is 0 Å². The first-order chi connectivity index (χ1) is 4.79. The van der Waals surface area contributed by atoms with Crippen LogP contribution in [-0.2, 0) is 6.42 Å². The lowest BCUT2D eigenvalue weighted by Gasteiger charge is -1.94. The quantitative estimate of drug-likeness (QED) is 0.617. The van der Waals surface area contributed by atoms with Gasteiger partial charge in [-0.15, -0.1) is 23.1 Å². The summed E-state index contributed by atoms with van der Waals surface area (Å²) in [5.74, 6) is 0. The lowest BCUT2D eigenvalue weighted by molar-refractivity contribution is 1.11. The van der Waals surface area contributed by atoms with E-state index in [1.807, 2.05) is 23.1 Å². The zero-order chi connectivity index (χ0) is 7.56. The maximum absolute atomic E-state index is 2.27. The number of rotatable bonds is 2. The Morgan fingerprint density at radius 2 is 2.30 bits per heavy atom. The van der Waals surface area contributed by atoms with Crippen molar-refractivity contribution in [1.29, 1.82) is 0 Å². The van der Waals surface area contributed by atoms with Gasteiger partial charge in [0.2, 0.25) is 0 Å². The predicted octanol–water partition coefficient (Wildman–Crippen LogP) is 3.34. The van der Waals surface area contributed by atoms with Crippen LogP contribution in [-0.4, -0.2) is 6.26 Å². The molecular formula is C8H12S2. The number of aryl methyl sites for hydroxylation is 1. The second-order valence-electron chi connectivity index (χ2n) is 2.23. The van der Waals surface area contributed by atoms with Crippen LogP contribution in [0.1, 0.15) is 18.1 Å². The first kappa shape index (κ1) is 8.15. The van der Waals surface area contributed by atoms with Gasteiger partial charge in [0.05, 0.1) is 4.21 Å². The molecule has 0 fully saturated rings. The van der Waals surface area contributed by atoms with E-state index in [9.17, 15) is 0 Å². The molecule has 0 unspecified atom stereocenters. The van der Waals surface area contributed by atoms with Gasteiger partial charge >= 0.3 is 0 Å². The Morgan fingerprint density at radius 1 is 1.60 bits per heavy atom. The molecule has 0 aliphatic heterocycles. The molecule has 0 N–H and O–H groups in total. The molecule has 1 aromatic heterocycles. The molecule has 1 heterocycles. The molecule has 0 radical (unpaired) electrons.